The maximum Gasteiger partial charge on any atom is 0.306 e. The Labute approximate surface area is 358 Å². The van der Waals surface area contributed by atoms with Crippen molar-refractivity contribution in [3.8, 4) is 0 Å². The molecule has 0 spiro atoms. The van der Waals surface area contributed by atoms with Crippen LogP contribution in [0.1, 0.15) is 245 Å². The molecule has 0 radical (unpaired) electrons. The molecule has 0 heterocycles. The third-order valence-corrected chi connectivity index (χ3v) is 10.7. The molecule has 0 aromatic carbocycles. The van der Waals surface area contributed by atoms with Crippen molar-refractivity contribution in [2.24, 2.45) is 0 Å². The van der Waals surface area contributed by atoms with E-state index in [4.69, 9.17) is 14.2 Å². The Bertz CT molecular complexity index is 1030. The van der Waals surface area contributed by atoms with Gasteiger partial charge in [0.25, 0.3) is 0 Å². The van der Waals surface area contributed by atoms with Crippen molar-refractivity contribution in [1.29, 1.82) is 0 Å². The number of hydrogen-bond acceptors (Lipinski definition) is 6. The summed E-state index contributed by atoms with van der Waals surface area (Å²) in [6.07, 6.45) is 55.2. The van der Waals surface area contributed by atoms with Crippen LogP contribution in [0, 0.1) is 0 Å². The Morgan fingerprint density at radius 3 is 1.05 bits per heavy atom. The minimum atomic E-state index is -0.787. The summed E-state index contributed by atoms with van der Waals surface area (Å²) in [5.41, 5.74) is 0. The Hall–Kier alpha value is -2.63. The first-order valence-electron chi connectivity index (χ1n) is 24.7. The molecule has 336 valence electrons. The van der Waals surface area contributed by atoms with Gasteiger partial charge in [0.05, 0.1) is 0 Å². The Kier molecular flexibility index (Phi) is 44.9. The van der Waals surface area contributed by atoms with Gasteiger partial charge in [0, 0.05) is 19.3 Å². The second-order valence-corrected chi connectivity index (χ2v) is 16.5. The standard InChI is InChI=1S/C52H92O6/c1-4-7-10-13-16-19-22-25-26-28-30-33-36-39-42-45-51(54)57-48-49(47-56-50(53)44-41-38-35-32-29-24-21-18-15-12-9-6-3)58-52(55)46-43-40-37-34-31-27-23-20-17-14-11-8-5-2/h8,11,14,17,20,23,27,31,49H,4-7,9-10,12-13,15-16,18-19,21-22,24-26,28-30,32-48H2,1-3H3/b11-8-,17-14-,23-20-,31-27-. The molecule has 6 heteroatoms. The van der Waals surface area contributed by atoms with Crippen LogP contribution in [0.4, 0.5) is 0 Å². The van der Waals surface area contributed by atoms with Crippen molar-refractivity contribution in [1.82, 2.24) is 0 Å². The quantitative estimate of drug-likeness (QED) is 0.0264. The molecule has 58 heavy (non-hydrogen) atoms. The minimum Gasteiger partial charge on any atom is -0.462 e. The molecular formula is C52H92O6. The van der Waals surface area contributed by atoms with Crippen LogP contribution in [0.5, 0.6) is 0 Å². The van der Waals surface area contributed by atoms with E-state index in [1.807, 2.05) is 36.5 Å². The highest BCUT2D eigenvalue weighted by molar-refractivity contribution is 5.71. The van der Waals surface area contributed by atoms with Gasteiger partial charge in [-0.1, -0.05) is 236 Å². The lowest BCUT2D eigenvalue weighted by atomic mass is 10.0. The molecule has 0 aliphatic carbocycles. The largest absolute Gasteiger partial charge is 0.462 e. The van der Waals surface area contributed by atoms with Crippen molar-refractivity contribution in [2.45, 2.75) is 252 Å². The fourth-order valence-corrected chi connectivity index (χ4v) is 6.98. The molecule has 0 bridgehead atoms. The maximum absolute atomic E-state index is 12.7. The van der Waals surface area contributed by atoms with Gasteiger partial charge in [0.2, 0.25) is 0 Å². The number of rotatable bonds is 44. The van der Waals surface area contributed by atoms with E-state index in [0.29, 0.717) is 12.8 Å². The van der Waals surface area contributed by atoms with Gasteiger partial charge in [0.1, 0.15) is 13.2 Å². The highest BCUT2D eigenvalue weighted by Crippen LogP contribution is 2.16. The normalized spacial score (nSPS) is 12.4. The van der Waals surface area contributed by atoms with Crippen LogP contribution in [0.2, 0.25) is 0 Å². The predicted molar refractivity (Wildman–Crippen MR) is 247 cm³/mol. The molecule has 6 nitrogen and oxygen atoms in total. The van der Waals surface area contributed by atoms with Crippen molar-refractivity contribution in [2.75, 3.05) is 13.2 Å². The van der Waals surface area contributed by atoms with Gasteiger partial charge in [-0.2, -0.15) is 0 Å². The second-order valence-electron chi connectivity index (χ2n) is 16.5. The summed E-state index contributed by atoms with van der Waals surface area (Å²) in [6, 6.07) is 0. The zero-order valence-corrected chi connectivity index (χ0v) is 38.3. The van der Waals surface area contributed by atoms with Gasteiger partial charge in [-0.3, -0.25) is 14.4 Å². The van der Waals surface area contributed by atoms with Crippen molar-refractivity contribution >= 4 is 17.9 Å². The van der Waals surface area contributed by atoms with Crippen molar-refractivity contribution in [3.05, 3.63) is 48.6 Å². The fourth-order valence-electron chi connectivity index (χ4n) is 6.98. The number of carbonyl (C=O) groups excluding carboxylic acids is 3. The summed E-state index contributed by atoms with van der Waals surface area (Å²) < 4.78 is 16.7. The molecule has 0 aromatic heterocycles. The summed E-state index contributed by atoms with van der Waals surface area (Å²) in [7, 11) is 0. The first kappa shape index (κ1) is 55.4. The third kappa shape index (κ3) is 44.5. The average Bonchev–Trinajstić information content (AvgIpc) is 3.22. The number of allylic oxidation sites excluding steroid dienone is 8. The van der Waals surface area contributed by atoms with Crippen LogP contribution in [0.3, 0.4) is 0 Å². The Morgan fingerprint density at radius 1 is 0.362 bits per heavy atom. The predicted octanol–water partition coefficient (Wildman–Crippen LogP) is 15.9. The molecule has 1 atom stereocenters. The molecule has 1 unspecified atom stereocenters. The van der Waals surface area contributed by atoms with Crippen LogP contribution in [-0.4, -0.2) is 37.2 Å². The number of hydrogen-bond donors (Lipinski definition) is 0. The van der Waals surface area contributed by atoms with E-state index in [2.05, 4.69) is 32.9 Å². The molecular weight excluding hydrogens is 721 g/mol. The molecule has 0 aromatic rings. The second kappa shape index (κ2) is 47.1. The Balaban J connectivity index is 4.40. The van der Waals surface area contributed by atoms with Crippen LogP contribution in [0.25, 0.3) is 0 Å². The number of unbranched alkanes of at least 4 members (excludes halogenated alkanes) is 28. The SMILES string of the molecule is CC\C=C/C=C\C=C/C=C\CCCCCC(=O)OC(COC(=O)CCCCCCCCCCCCCC)COC(=O)CCCCCCCCCCCCCCCCC. The van der Waals surface area contributed by atoms with Crippen molar-refractivity contribution in [3.63, 3.8) is 0 Å². The van der Waals surface area contributed by atoms with Gasteiger partial charge in [-0.25, -0.2) is 0 Å². The molecule has 0 aliphatic rings. The zero-order chi connectivity index (χ0) is 42.3. The highest BCUT2D eigenvalue weighted by Gasteiger charge is 2.19. The highest BCUT2D eigenvalue weighted by atomic mass is 16.6. The van der Waals surface area contributed by atoms with Crippen LogP contribution < -0.4 is 0 Å². The molecule has 0 aliphatic heterocycles. The van der Waals surface area contributed by atoms with E-state index < -0.39 is 6.10 Å². The van der Waals surface area contributed by atoms with Gasteiger partial charge >= 0.3 is 17.9 Å². The summed E-state index contributed by atoms with van der Waals surface area (Å²) in [6.45, 7) is 6.47. The number of carbonyl (C=O) groups is 3. The lowest BCUT2D eigenvalue weighted by Gasteiger charge is -2.18. The van der Waals surface area contributed by atoms with E-state index in [1.54, 1.807) is 0 Å². The minimum absolute atomic E-state index is 0.0857. The van der Waals surface area contributed by atoms with Crippen LogP contribution >= 0.6 is 0 Å². The fraction of sp³-hybridized carbons (Fsp3) is 0.788. The maximum atomic E-state index is 12.7. The Morgan fingerprint density at radius 2 is 0.672 bits per heavy atom. The monoisotopic (exact) mass is 813 g/mol. The molecule has 0 rings (SSSR count). The summed E-state index contributed by atoms with van der Waals surface area (Å²) in [4.78, 5) is 37.8. The lowest BCUT2D eigenvalue weighted by Crippen LogP contribution is -2.30. The molecule has 0 N–H and O–H groups in total. The summed E-state index contributed by atoms with van der Waals surface area (Å²) >= 11 is 0. The van der Waals surface area contributed by atoms with Gasteiger partial charge in [-0.05, 0) is 38.5 Å². The molecule has 0 fully saturated rings. The topological polar surface area (TPSA) is 78.9 Å². The zero-order valence-electron chi connectivity index (χ0n) is 38.3. The average molecular weight is 813 g/mol. The van der Waals surface area contributed by atoms with E-state index >= 15 is 0 Å². The van der Waals surface area contributed by atoms with E-state index in [-0.39, 0.29) is 37.5 Å². The smallest absolute Gasteiger partial charge is 0.306 e. The number of ether oxygens (including phenoxy) is 3. The van der Waals surface area contributed by atoms with Gasteiger partial charge in [0.15, 0.2) is 6.10 Å². The molecule has 0 amide bonds. The number of esters is 3. The van der Waals surface area contributed by atoms with E-state index in [9.17, 15) is 14.4 Å². The molecule has 0 saturated heterocycles. The first-order chi connectivity index (χ1) is 28.5. The van der Waals surface area contributed by atoms with E-state index in [0.717, 1.165) is 70.6 Å². The summed E-state index contributed by atoms with van der Waals surface area (Å²) in [5, 5.41) is 0. The third-order valence-electron chi connectivity index (χ3n) is 10.7. The molecule has 0 saturated carbocycles. The van der Waals surface area contributed by atoms with Crippen LogP contribution in [0.15, 0.2) is 48.6 Å². The van der Waals surface area contributed by atoms with Gasteiger partial charge in [-0.15, -0.1) is 0 Å². The van der Waals surface area contributed by atoms with E-state index in [1.165, 1.54) is 135 Å². The summed E-state index contributed by atoms with van der Waals surface area (Å²) in [5.74, 6) is -0.918. The van der Waals surface area contributed by atoms with Crippen molar-refractivity contribution < 1.29 is 28.6 Å². The van der Waals surface area contributed by atoms with Crippen LogP contribution in [-0.2, 0) is 28.6 Å². The first-order valence-corrected chi connectivity index (χ1v) is 24.7. The van der Waals surface area contributed by atoms with Gasteiger partial charge < -0.3 is 14.2 Å². The lowest BCUT2D eigenvalue weighted by molar-refractivity contribution is -0.167.